The minimum atomic E-state index is -0.618. The summed E-state index contributed by atoms with van der Waals surface area (Å²) in [5, 5.41) is 3.26. The Morgan fingerprint density at radius 1 is 1.05 bits per heavy atom. The summed E-state index contributed by atoms with van der Waals surface area (Å²) in [6.45, 7) is 9.51. The van der Waals surface area contributed by atoms with Crippen LogP contribution in [0.15, 0.2) is 0 Å². The third kappa shape index (κ3) is 8.51. The van der Waals surface area contributed by atoms with Gasteiger partial charge in [-0.15, -0.1) is 0 Å². The largest absolute Gasteiger partial charge is 0.468 e. The van der Waals surface area contributed by atoms with E-state index < -0.39 is 5.54 Å². The molecule has 0 heterocycles. The lowest BCUT2D eigenvalue weighted by molar-refractivity contribution is -0.148. The van der Waals surface area contributed by atoms with Gasteiger partial charge in [0.05, 0.1) is 20.3 Å². The Morgan fingerprint density at radius 3 is 2.25 bits per heavy atom. The topological polar surface area (TPSA) is 56.8 Å². The van der Waals surface area contributed by atoms with Gasteiger partial charge in [-0.05, 0) is 39.2 Å². The number of nitrogens with one attached hydrogen (secondary N) is 1. The predicted octanol–water partition coefficient (Wildman–Crippen LogP) is 2.14. The van der Waals surface area contributed by atoms with E-state index >= 15 is 0 Å². The van der Waals surface area contributed by atoms with Crippen molar-refractivity contribution in [3.63, 3.8) is 0 Å². The maximum Gasteiger partial charge on any atom is 0.325 e. The van der Waals surface area contributed by atoms with E-state index in [0.29, 0.717) is 26.2 Å². The van der Waals surface area contributed by atoms with Crippen LogP contribution >= 0.6 is 0 Å². The van der Waals surface area contributed by atoms with E-state index in [1.807, 2.05) is 6.92 Å². The fraction of sp³-hybridized carbons (Fsp3) is 0.933. The maximum absolute atomic E-state index is 11.8. The Labute approximate surface area is 123 Å². The van der Waals surface area contributed by atoms with E-state index in [0.717, 1.165) is 32.4 Å². The van der Waals surface area contributed by atoms with E-state index in [2.05, 4.69) is 19.2 Å². The zero-order chi connectivity index (χ0) is 15.3. The summed E-state index contributed by atoms with van der Waals surface area (Å²) >= 11 is 0. The number of rotatable bonds is 13. The summed E-state index contributed by atoms with van der Waals surface area (Å²) < 4.78 is 15.7. The first-order valence-corrected chi connectivity index (χ1v) is 7.59. The standard InChI is InChI=1S/C15H31NO4/c1-5-9-16-15(3,14(17)18-4)8-7-11-20-13-12-19-10-6-2/h16H,5-13H2,1-4H3. The van der Waals surface area contributed by atoms with Crippen molar-refractivity contribution in [2.45, 2.75) is 52.0 Å². The Morgan fingerprint density at radius 2 is 1.70 bits per heavy atom. The van der Waals surface area contributed by atoms with E-state index in [1.165, 1.54) is 7.11 Å². The van der Waals surface area contributed by atoms with Crippen LogP contribution in [0.2, 0.25) is 0 Å². The first kappa shape index (κ1) is 19.4. The van der Waals surface area contributed by atoms with E-state index in [-0.39, 0.29) is 5.97 Å². The first-order valence-electron chi connectivity index (χ1n) is 7.59. The Kier molecular flexibility index (Phi) is 11.7. The number of ether oxygens (including phenoxy) is 3. The van der Waals surface area contributed by atoms with E-state index in [9.17, 15) is 4.79 Å². The van der Waals surface area contributed by atoms with E-state index in [1.54, 1.807) is 0 Å². The van der Waals surface area contributed by atoms with Crippen LogP contribution in [0.3, 0.4) is 0 Å². The van der Waals surface area contributed by atoms with Crippen LogP contribution in [-0.2, 0) is 19.0 Å². The molecule has 0 spiro atoms. The third-order valence-corrected chi connectivity index (χ3v) is 3.09. The molecule has 0 amide bonds. The van der Waals surface area contributed by atoms with Gasteiger partial charge in [-0.25, -0.2) is 0 Å². The van der Waals surface area contributed by atoms with Gasteiger partial charge < -0.3 is 19.5 Å². The molecular weight excluding hydrogens is 258 g/mol. The molecule has 0 aromatic heterocycles. The maximum atomic E-state index is 11.8. The van der Waals surface area contributed by atoms with Crippen molar-refractivity contribution in [3.8, 4) is 0 Å². The summed E-state index contributed by atoms with van der Waals surface area (Å²) in [5.41, 5.74) is -0.618. The molecule has 0 saturated carbocycles. The van der Waals surface area contributed by atoms with Crippen molar-refractivity contribution in [1.29, 1.82) is 0 Å². The zero-order valence-corrected chi connectivity index (χ0v) is 13.5. The lowest BCUT2D eigenvalue weighted by Crippen LogP contribution is -2.50. The lowest BCUT2D eigenvalue weighted by atomic mass is 9.96. The van der Waals surface area contributed by atoms with Crippen LogP contribution in [0.25, 0.3) is 0 Å². The van der Waals surface area contributed by atoms with Crippen molar-refractivity contribution in [2.24, 2.45) is 0 Å². The molecule has 5 nitrogen and oxygen atoms in total. The zero-order valence-electron chi connectivity index (χ0n) is 13.5. The number of carbonyl (C=O) groups is 1. The molecule has 1 atom stereocenters. The molecule has 0 bridgehead atoms. The summed E-state index contributed by atoms with van der Waals surface area (Å²) in [4.78, 5) is 11.8. The smallest absolute Gasteiger partial charge is 0.325 e. The van der Waals surface area contributed by atoms with Gasteiger partial charge in [-0.1, -0.05) is 13.8 Å². The van der Waals surface area contributed by atoms with Gasteiger partial charge in [0, 0.05) is 13.2 Å². The Hall–Kier alpha value is -0.650. The number of methoxy groups -OCH3 is 1. The van der Waals surface area contributed by atoms with Crippen LogP contribution in [0, 0.1) is 0 Å². The lowest BCUT2D eigenvalue weighted by Gasteiger charge is -2.28. The Bertz CT molecular complexity index is 248. The number of hydrogen-bond acceptors (Lipinski definition) is 5. The molecule has 0 rings (SSSR count). The van der Waals surface area contributed by atoms with Gasteiger partial charge in [-0.2, -0.15) is 0 Å². The number of hydrogen-bond donors (Lipinski definition) is 1. The fourth-order valence-electron chi connectivity index (χ4n) is 1.88. The van der Waals surface area contributed by atoms with Crippen molar-refractivity contribution < 1.29 is 19.0 Å². The minimum absolute atomic E-state index is 0.211. The van der Waals surface area contributed by atoms with Crippen molar-refractivity contribution in [3.05, 3.63) is 0 Å². The molecule has 0 aliphatic rings. The second kappa shape index (κ2) is 12.1. The van der Waals surface area contributed by atoms with Gasteiger partial charge in [0.25, 0.3) is 0 Å². The first-order chi connectivity index (χ1) is 9.60. The highest BCUT2D eigenvalue weighted by Crippen LogP contribution is 2.14. The average Bonchev–Trinajstić information content (AvgIpc) is 2.47. The van der Waals surface area contributed by atoms with Crippen LogP contribution in [0.4, 0.5) is 0 Å². The molecule has 1 N–H and O–H groups in total. The summed E-state index contributed by atoms with van der Waals surface area (Å²) in [7, 11) is 1.43. The van der Waals surface area contributed by atoms with Crippen molar-refractivity contribution in [1.82, 2.24) is 5.32 Å². The highest BCUT2D eigenvalue weighted by atomic mass is 16.5. The minimum Gasteiger partial charge on any atom is -0.468 e. The predicted molar refractivity (Wildman–Crippen MR) is 79.9 cm³/mol. The molecule has 0 fully saturated rings. The molecule has 0 saturated heterocycles. The second-order valence-corrected chi connectivity index (χ2v) is 5.08. The van der Waals surface area contributed by atoms with Gasteiger partial charge in [0.15, 0.2) is 0 Å². The van der Waals surface area contributed by atoms with Crippen LogP contribution in [0.5, 0.6) is 0 Å². The monoisotopic (exact) mass is 289 g/mol. The van der Waals surface area contributed by atoms with Crippen molar-refractivity contribution in [2.75, 3.05) is 40.1 Å². The quantitative estimate of drug-likeness (QED) is 0.416. The highest BCUT2D eigenvalue weighted by molar-refractivity contribution is 5.80. The van der Waals surface area contributed by atoms with Crippen molar-refractivity contribution >= 4 is 5.97 Å². The number of carbonyl (C=O) groups excluding carboxylic acids is 1. The molecular formula is C15H31NO4. The molecule has 1 unspecified atom stereocenters. The number of esters is 1. The normalized spacial score (nSPS) is 14.0. The Balaban J connectivity index is 3.82. The van der Waals surface area contributed by atoms with Gasteiger partial charge in [0.2, 0.25) is 0 Å². The fourth-order valence-corrected chi connectivity index (χ4v) is 1.88. The van der Waals surface area contributed by atoms with Crippen LogP contribution in [0.1, 0.15) is 46.5 Å². The SMILES string of the molecule is CCCNC(C)(CCCOCCOCCC)C(=O)OC. The summed E-state index contributed by atoms with van der Waals surface area (Å²) in [6.07, 6.45) is 3.53. The molecule has 0 aliphatic heterocycles. The second-order valence-electron chi connectivity index (χ2n) is 5.08. The summed E-state index contributed by atoms with van der Waals surface area (Å²) in [5.74, 6) is -0.211. The molecule has 0 aliphatic carbocycles. The summed E-state index contributed by atoms with van der Waals surface area (Å²) in [6, 6.07) is 0. The third-order valence-electron chi connectivity index (χ3n) is 3.09. The van der Waals surface area contributed by atoms with Gasteiger partial charge >= 0.3 is 5.97 Å². The molecule has 120 valence electrons. The molecule has 20 heavy (non-hydrogen) atoms. The molecule has 0 aromatic rings. The van der Waals surface area contributed by atoms with Crippen LogP contribution < -0.4 is 5.32 Å². The average molecular weight is 289 g/mol. The van der Waals surface area contributed by atoms with Gasteiger partial charge in [-0.3, -0.25) is 4.79 Å². The van der Waals surface area contributed by atoms with E-state index in [4.69, 9.17) is 14.2 Å². The highest BCUT2D eigenvalue weighted by Gasteiger charge is 2.32. The van der Waals surface area contributed by atoms with Crippen LogP contribution in [-0.4, -0.2) is 51.6 Å². The molecule has 0 aromatic carbocycles. The van der Waals surface area contributed by atoms with Gasteiger partial charge in [0.1, 0.15) is 5.54 Å². The molecule has 5 heteroatoms. The molecule has 0 radical (unpaired) electrons.